The van der Waals surface area contributed by atoms with Crippen LogP contribution >= 0.6 is 0 Å². The van der Waals surface area contributed by atoms with E-state index in [1.807, 2.05) is 45.0 Å². The van der Waals surface area contributed by atoms with Gasteiger partial charge in [-0.05, 0) is 43.0 Å². The van der Waals surface area contributed by atoms with Gasteiger partial charge in [-0.1, -0.05) is 48.5 Å². The van der Waals surface area contributed by atoms with Crippen LogP contribution in [0.5, 0.6) is 0 Å². The van der Waals surface area contributed by atoms with Gasteiger partial charge in [0.1, 0.15) is 12.2 Å². The van der Waals surface area contributed by atoms with Crippen molar-refractivity contribution in [3.8, 4) is 11.1 Å². The molecule has 33 heavy (non-hydrogen) atoms. The van der Waals surface area contributed by atoms with Gasteiger partial charge in [-0.25, -0.2) is 9.59 Å². The Morgan fingerprint density at radius 1 is 0.909 bits per heavy atom. The van der Waals surface area contributed by atoms with Crippen molar-refractivity contribution in [1.82, 2.24) is 9.80 Å². The third kappa shape index (κ3) is 5.83. The fourth-order valence-corrected chi connectivity index (χ4v) is 4.08. The Morgan fingerprint density at radius 3 is 1.79 bits per heavy atom. The van der Waals surface area contributed by atoms with Crippen LogP contribution in [-0.4, -0.2) is 72.0 Å². The number of ether oxygens (including phenoxy) is 2. The highest BCUT2D eigenvalue weighted by molar-refractivity contribution is 5.79. The summed E-state index contributed by atoms with van der Waals surface area (Å²) in [5, 5.41) is 6.89. The van der Waals surface area contributed by atoms with E-state index in [4.69, 9.17) is 19.4 Å². The molecule has 1 aliphatic heterocycles. The molecule has 8 heteroatoms. The minimum absolute atomic E-state index is 0.0457. The number of carbonyl (C=O) groups is 3. The molecule has 0 saturated carbocycles. The number of hydrogen-bond donors (Lipinski definition) is 1. The maximum atomic E-state index is 12.7. The maximum Gasteiger partial charge on any atom is 0.410 e. The quantitative estimate of drug-likeness (QED) is 0.684. The average molecular weight is 455 g/mol. The predicted molar refractivity (Wildman–Crippen MR) is 123 cm³/mol. The lowest BCUT2D eigenvalue weighted by Crippen LogP contribution is -2.51. The topological polar surface area (TPSA) is 96.4 Å². The predicted octanol–water partition coefficient (Wildman–Crippen LogP) is 4.19. The van der Waals surface area contributed by atoms with E-state index in [1.54, 1.807) is 9.80 Å². The van der Waals surface area contributed by atoms with Crippen molar-refractivity contribution in [2.75, 3.05) is 32.8 Å². The average Bonchev–Trinajstić information content (AvgIpc) is 3.11. The minimum Gasteiger partial charge on any atom is -0.483 e. The first-order chi connectivity index (χ1) is 15.7. The molecule has 0 unspecified atom stereocenters. The zero-order valence-electron chi connectivity index (χ0n) is 19.2. The molecule has 0 spiro atoms. The van der Waals surface area contributed by atoms with Crippen molar-refractivity contribution in [1.29, 1.82) is 0 Å². The van der Waals surface area contributed by atoms with Gasteiger partial charge in [-0.3, -0.25) is 4.79 Å². The Kier molecular flexibility index (Phi) is 7.58. The molecule has 0 bridgehead atoms. The molecule has 1 saturated heterocycles. The van der Waals surface area contributed by atoms with E-state index in [9.17, 15) is 9.59 Å². The second kappa shape index (κ2) is 10.4. The molecule has 1 N–H and O–H groups in total. The van der Waals surface area contributed by atoms with Gasteiger partial charge in [-0.15, -0.1) is 0 Å². The molecular formula is C25H30N2O6. The van der Waals surface area contributed by atoms with E-state index < -0.39 is 5.60 Å². The van der Waals surface area contributed by atoms with Crippen molar-refractivity contribution >= 4 is 18.7 Å². The summed E-state index contributed by atoms with van der Waals surface area (Å²) in [7, 11) is 0. The number of nitrogens with zero attached hydrogens (tertiary/aromatic N) is 2. The first-order valence-electron chi connectivity index (χ1n) is 10.9. The summed E-state index contributed by atoms with van der Waals surface area (Å²) < 4.78 is 11.1. The van der Waals surface area contributed by atoms with Gasteiger partial charge >= 0.3 is 12.2 Å². The third-order valence-electron chi connectivity index (χ3n) is 5.53. The van der Waals surface area contributed by atoms with E-state index >= 15 is 0 Å². The fraction of sp³-hybridized carbons (Fsp3) is 0.400. The molecule has 8 nitrogen and oxygen atoms in total. The Morgan fingerprint density at radius 2 is 1.33 bits per heavy atom. The van der Waals surface area contributed by atoms with Gasteiger partial charge in [-0.2, -0.15) is 0 Å². The maximum absolute atomic E-state index is 12.7. The van der Waals surface area contributed by atoms with E-state index in [-0.39, 0.29) is 24.6 Å². The van der Waals surface area contributed by atoms with Crippen LogP contribution < -0.4 is 0 Å². The Bertz CT molecular complexity index is 947. The SMILES string of the molecule is CC(C)(C)OC(=O)N1CCN(C(=O)OCC2c3ccccc3-c3ccccc32)CC1.O=CO. The molecule has 1 fully saturated rings. The van der Waals surface area contributed by atoms with Crippen LogP contribution in [0.3, 0.4) is 0 Å². The summed E-state index contributed by atoms with van der Waals surface area (Å²) in [4.78, 5) is 36.5. The molecule has 2 aliphatic rings. The number of rotatable bonds is 2. The Balaban J connectivity index is 0.000000968. The molecule has 2 amide bonds. The number of carboxylic acid groups (broad SMARTS) is 1. The highest BCUT2D eigenvalue weighted by Crippen LogP contribution is 2.44. The second-order valence-corrected chi connectivity index (χ2v) is 8.86. The molecule has 0 atom stereocenters. The largest absolute Gasteiger partial charge is 0.483 e. The van der Waals surface area contributed by atoms with Crippen LogP contribution in [0, 0.1) is 0 Å². The number of carbonyl (C=O) groups excluding carboxylic acids is 2. The van der Waals surface area contributed by atoms with E-state index in [0.717, 1.165) is 0 Å². The van der Waals surface area contributed by atoms with Crippen LogP contribution in [0.1, 0.15) is 37.8 Å². The van der Waals surface area contributed by atoms with Crippen LogP contribution in [-0.2, 0) is 14.3 Å². The van der Waals surface area contributed by atoms with Crippen molar-refractivity contribution in [2.45, 2.75) is 32.3 Å². The van der Waals surface area contributed by atoms with Gasteiger partial charge in [0, 0.05) is 32.1 Å². The van der Waals surface area contributed by atoms with Gasteiger partial charge in [0.25, 0.3) is 6.47 Å². The summed E-state index contributed by atoms with van der Waals surface area (Å²) in [5.74, 6) is 0.0457. The molecule has 176 valence electrons. The molecule has 1 heterocycles. The molecule has 2 aromatic rings. The Hall–Kier alpha value is -3.55. The summed E-state index contributed by atoms with van der Waals surface area (Å²) in [6.45, 7) is 7.36. The van der Waals surface area contributed by atoms with Crippen molar-refractivity contribution in [2.24, 2.45) is 0 Å². The van der Waals surface area contributed by atoms with Crippen LogP contribution in [0.25, 0.3) is 11.1 Å². The monoisotopic (exact) mass is 454 g/mol. The van der Waals surface area contributed by atoms with Crippen LogP contribution in [0.2, 0.25) is 0 Å². The highest BCUT2D eigenvalue weighted by atomic mass is 16.6. The summed E-state index contributed by atoms with van der Waals surface area (Å²) >= 11 is 0. The zero-order valence-corrected chi connectivity index (χ0v) is 19.2. The van der Waals surface area contributed by atoms with Gasteiger partial charge in [0.15, 0.2) is 0 Å². The molecule has 1 aliphatic carbocycles. The van der Waals surface area contributed by atoms with Crippen molar-refractivity contribution in [3.05, 3.63) is 59.7 Å². The van der Waals surface area contributed by atoms with E-state index in [1.165, 1.54) is 22.3 Å². The van der Waals surface area contributed by atoms with E-state index in [2.05, 4.69) is 24.3 Å². The minimum atomic E-state index is -0.527. The number of hydrogen-bond acceptors (Lipinski definition) is 5. The smallest absolute Gasteiger partial charge is 0.410 e. The van der Waals surface area contributed by atoms with Gasteiger partial charge in [0.05, 0.1) is 0 Å². The number of benzene rings is 2. The Labute approximate surface area is 193 Å². The summed E-state index contributed by atoms with van der Waals surface area (Å²) in [6.07, 6.45) is -0.671. The molecule has 0 radical (unpaired) electrons. The normalized spacial score (nSPS) is 15.0. The van der Waals surface area contributed by atoms with Crippen molar-refractivity contribution in [3.63, 3.8) is 0 Å². The summed E-state index contributed by atoms with van der Waals surface area (Å²) in [6, 6.07) is 16.6. The third-order valence-corrected chi connectivity index (χ3v) is 5.53. The lowest BCUT2D eigenvalue weighted by molar-refractivity contribution is -0.122. The second-order valence-electron chi connectivity index (χ2n) is 8.86. The highest BCUT2D eigenvalue weighted by Gasteiger charge is 2.31. The first-order valence-corrected chi connectivity index (χ1v) is 10.9. The summed E-state index contributed by atoms with van der Waals surface area (Å²) in [5.41, 5.74) is 4.28. The molecule has 2 aromatic carbocycles. The van der Waals surface area contributed by atoms with Crippen LogP contribution in [0.4, 0.5) is 9.59 Å². The molecule has 4 rings (SSSR count). The van der Waals surface area contributed by atoms with Gasteiger partial charge < -0.3 is 24.4 Å². The number of amides is 2. The first kappa shape index (κ1) is 24.1. The number of fused-ring (bicyclic) bond motifs is 3. The molecular weight excluding hydrogens is 424 g/mol. The van der Waals surface area contributed by atoms with E-state index in [0.29, 0.717) is 32.8 Å². The lowest BCUT2D eigenvalue weighted by Gasteiger charge is -2.35. The van der Waals surface area contributed by atoms with Gasteiger partial charge in [0.2, 0.25) is 0 Å². The standard InChI is InChI=1S/C24H28N2O4.CH2O2/c1-24(2,3)30-23(28)26-14-12-25(13-15-26)22(27)29-16-21-19-10-6-4-8-17(19)18-9-5-7-11-20(18)21;2-1-3/h4-11,21H,12-16H2,1-3H3;1H,(H,2,3). The van der Waals surface area contributed by atoms with Crippen LogP contribution in [0.15, 0.2) is 48.5 Å². The lowest BCUT2D eigenvalue weighted by atomic mass is 9.98. The van der Waals surface area contributed by atoms with Crippen molar-refractivity contribution < 1.29 is 29.0 Å². The zero-order chi connectivity index (χ0) is 24.0. The number of piperazine rings is 1. The fourth-order valence-electron chi connectivity index (χ4n) is 4.08. The molecule has 0 aromatic heterocycles.